The van der Waals surface area contributed by atoms with Gasteiger partial charge in [0, 0.05) is 81.4 Å². The Balaban J connectivity index is 0.800. The van der Waals surface area contributed by atoms with Crippen LogP contribution in [0.3, 0.4) is 0 Å². The van der Waals surface area contributed by atoms with Crippen molar-refractivity contribution in [2.75, 3.05) is 62.2 Å². The quantitative estimate of drug-likeness (QED) is 0.283. The van der Waals surface area contributed by atoms with Gasteiger partial charge >= 0.3 is 6.03 Å². The Bertz CT molecular complexity index is 2280. The van der Waals surface area contributed by atoms with Gasteiger partial charge in [-0.1, -0.05) is 39.3 Å². The first-order valence-electron chi connectivity index (χ1n) is 20.3. The van der Waals surface area contributed by atoms with Crippen LogP contribution in [-0.2, 0) is 4.79 Å². The van der Waals surface area contributed by atoms with Gasteiger partial charge in [-0.05, 0) is 55.2 Å². The number of piperazine rings is 1. The van der Waals surface area contributed by atoms with Crippen LogP contribution in [0, 0.1) is 33.9 Å². The first-order valence-corrected chi connectivity index (χ1v) is 20.6. The van der Waals surface area contributed by atoms with Crippen LogP contribution in [0.2, 0.25) is 5.02 Å². The van der Waals surface area contributed by atoms with Crippen LogP contribution in [0.5, 0.6) is 5.75 Å². The van der Waals surface area contributed by atoms with E-state index in [4.69, 9.17) is 16.3 Å². The molecule has 2 aromatic carbocycles. The number of hydrogen-bond acceptors (Lipinski definition) is 11. The summed E-state index contributed by atoms with van der Waals surface area (Å²) in [5.74, 6) is -1.35. The molecule has 0 unspecified atom stereocenters. The summed E-state index contributed by atoms with van der Waals surface area (Å²) in [6.07, 6.45) is 3.29. The number of halogens is 2. The number of carbonyl (C=O) groups is 5. The third kappa shape index (κ3) is 7.27. The van der Waals surface area contributed by atoms with Gasteiger partial charge in [-0.25, -0.2) is 19.2 Å². The number of hydrazine groups is 1. The van der Waals surface area contributed by atoms with Gasteiger partial charge in [0.25, 0.3) is 17.7 Å². The lowest BCUT2D eigenvalue weighted by molar-refractivity contribution is -0.164. The van der Waals surface area contributed by atoms with E-state index in [0.29, 0.717) is 59.0 Å². The van der Waals surface area contributed by atoms with E-state index in [1.165, 1.54) is 12.1 Å². The van der Waals surface area contributed by atoms with Crippen LogP contribution in [-0.4, -0.2) is 114 Å². The number of nitrogens with zero attached hydrogens (tertiary/aromatic N) is 7. The summed E-state index contributed by atoms with van der Waals surface area (Å²) in [6.45, 7) is 13.2. The molecular formula is C43H47ClFN9O6. The smallest absolute Gasteiger partial charge is 0.343 e. The van der Waals surface area contributed by atoms with Gasteiger partial charge in [0.2, 0.25) is 5.91 Å². The number of imide groups is 2. The topological polar surface area (TPSA) is 172 Å². The number of piperidine rings is 1. The molecule has 0 atom stereocenters. The van der Waals surface area contributed by atoms with Gasteiger partial charge in [-0.2, -0.15) is 10.3 Å². The largest absolute Gasteiger partial charge is 0.489 e. The summed E-state index contributed by atoms with van der Waals surface area (Å²) in [6, 6.07) is 12.7. The van der Waals surface area contributed by atoms with Crippen LogP contribution in [0.4, 0.5) is 20.7 Å². The van der Waals surface area contributed by atoms with Crippen LogP contribution >= 0.6 is 11.6 Å². The number of fused-ring (bicyclic) bond motifs is 1. The first-order chi connectivity index (χ1) is 28.6. The number of aromatic nitrogens is 1. The molecule has 5 heterocycles. The second-order valence-electron chi connectivity index (χ2n) is 17.4. The molecule has 8 rings (SSSR count). The predicted molar refractivity (Wildman–Crippen MR) is 219 cm³/mol. The second-order valence-corrected chi connectivity index (χ2v) is 17.8. The van der Waals surface area contributed by atoms with Gasteiger partial charge in [-0.3, -0.25) is 29.4 Å². The fraction of sp³-hybridized carbons (Fsp3) is 0.465. The molecule has 17 heteroatoms. The highest BCUT2D eigenvalue weighted by Crippen LogP contribution is 2.55. The Kier molecular flexibility index (Phi) is 10.7. The molecule has 3 saturated heterocycles. The molecule has 314 valence electrons. The third-order valence-electron chi connectivity index (χ3n) is 12.8. The fourth-order valence-corrected chi connectivity index (χ4v) is 10.1. The molecule has 0 radical (unpaired) electrons. The van der Waals surface area contributed by atoms with E-state index in [1.807, 2.05) is 17.0 Å². The zero-order valence-electron chi connectivity index (χ0n) is 34.0. The Morgan fingerprint density at radius 1 is 0.950 bits per heavy atom. The fourth-order valence-electron chi connectivity index (χ4n) is 9.87. The van der Waals surface area contributed by atoms with Crippen molar-refractivity contribution in [2.24, 2.45) is 16.7 Å². The van der Waals surface area contributed by atoms with Crippen molar-refractivity contribution in [3.8, 4) is 11.8 Å². The summed E-state index contributed by atoms with van der Waals surface area (Å²) in [5.41, 5.74) is -0.153. The van der Waals surface area contributed by atoms with Crippen LogP contribution in [0.15, 0.2) is 48.7 Å². The lowest BCUT2D eigenvalue weighted by Crippen LogP contribution is -2.74. The van der Waals surface area contributed by atoms with Crippen molar-refractivity contribution in [2.45, 2.75) is 59.1 Å². The number of pyridine rings is 1. The van der Waals surface area contributed by atoms with Gasteiger partial charge in [0.05, 0.1) is 39.5 Å². The number of urea groups is 1. The summed E-state index contributed by atoms with van der Waals surface area (Å²) in [5, 5.41) is 16.3. The number of hydrogen-bond donors (Lipinski definition) is 2. The van der Waals surface area contributed by atoms with Crippen LogP contribution < -0.4 is 25.2 Å². The van der Waals surface area contributed by atoms with Gasteiger partial charge in [0.15, 0.2) is 5.82 Å². The van der Waals surface area contributed by atoms with Crippen LogP contribution in [0.25, 0.3) is 0 Å². The standard InChI is InChI=1S/C43H47ClFN9O6/c1-42(2)39(43(3,4)40(42)60-28-7-5-26(22-46)30(44)21-28)49-36(56)27-6-10-32(47-23-27)52-14-11-25(12-15-52)24-50-17-19-51(20-18-50)31-9-8-29-34(35(31)45)38(58)54(37(29)57)53-16-13-33(55)48-41(53)59/h5-10,21,23,25,39-40H,11-20,24H2,1-4H3,(H,49,56)(H,48,55,59). The highest BCUT2D eigenvalue weighted by molar-refractivity contribution is 6.31. The predicted octanol–water partition coefficient (Wildman–Crippen LogP) is 4.85. The summed E-state index contributed by atoms with van der Waals surface area (Å²) in [4.78, 5) is 74.9. The molecule has 1 aromatic heterocycles. The normalized spacial score (nSPS) is 22.9. The summed E-state index contributed by atoms with van der Waals surface area (Å²) >= 11 is 6.24. The van der Waals surface area contributed by atoms with Gasteiger partial charge in [0.1, 0.15) is 23.7 Å². The Morgan fingerprint density at radius 3 is 2.30 bits per heavy atom. The number of amides is 6. The lowest BCUT2D eigenvalue weighted by Gasteiger charge is -2.63. The number of carbonyl (C=O) groups excluding carboxylic acids is 5. The van der Waals surface area contributed by atoms with Crippen molar-refractivity contribution in [1.29, 1.82) is 5.26 Å². The van der Waals surface area contributed by atoms with Crippen molar-refractivity contribution in [3.63, 3.8) is 0 Å². The highest BCUT2D eigenvalue weighted by Gasteiger charge is 2.64. The number of nitriles is 1. The number of ether oxygens (including phenoxy) is 1. The molecular weight excluding hydrogens is 793 g/mol. The number of nitrogens with one attached hydrogen (secondary N) is 2. The van der Waals surface area contributed by atoms with E-state index < -0.39 is 29.6 Å². The van der Waals surface area contributed by atoms with Gasteiger partial charge < -0.3 is 19.9 Å². The molecule has 3 aromatic rings. The van der Waals surface area contributed by atoms with Crippen molar-refractivity contribution < 1.29 is 33.1 Å². The zero-order chi connectivity index (χ0) is 42.7. The molecule has 4 fully saturated rings. The Morgan fingerprint density at radius 2 is 1.67 bits per heavy atom. The van der Waals surface area contributed by atoms with Crippen LogP contribution in [0.1, 0.15) is 83.6 Å². The molecule has 1 aliphatic carbocycles. The maximum Gasteiger partial charge on any atom is 0.343 e. The van der Waals surface area contributed by atoms with E-state index in [0.717, 1.165) is 43.3 Å². The third-order valence-corrected chi connectivity index (χ3v) is 13.1. The van der Waals surface area contributed by atoms with E-state index in [9.17, 15) is 29.2 Å². The lowest BCUT2D eigenvalue weighted by atomic mass is 9.49. The number of anilines is 2. The molecule has 1 saturated carbocycles. The minimum absolute atomic E-state index is 0.0814. The molecule has 15 nitrogen and oxygen atoms in total. The van der Waals surface area contributed by atoms with Crippen molar-refractivity contribution in [3.05, 3.63) is 81.8 Å². The average Bonchev–Trinajstić information content (AvgIpc) is 3.48. The minimum Gasteiger partial charge on any atom is -0.489 e. The maximum absolute atomic E-state index is 15.9. The highest BCUT2D eigenvalue weighted by atomic mass is 35.5. The van der Waals surface area contributed by atoms with Crippen molar-refractivity contribution in [1.82, 2.24) is 30.5 Å². The monoisotopic (exact) mass is 839 g/mol. The first kappa shape index (κ1) is 41.0. The summed E-state index contributed by atoms with van der Waals surface area (Å²) < 4.78 is 22.3. The molecule has 4 aliphatic heterocycles. The molecule has 5 aliphatic rings. The molecule has 60 heavy (non-hydrogen) atoms. The average molecular weight is 840 g/mol. The van der Waals surface area contributed by atoms with Gasteiger partial charge in [-0.15, -0.1) is 0 Å². The van der Waals surface area contributed by atoms with E-state index in [2.05, 4.69) is 59.2 Å². The molecule has 0 spiro atoms. The Labute approximate surface area is 352 Å². The minimum atomic E-state index is -0.924. The Hall–Kier alpha value is -5.79. The molecule has 2 N–H and O–H groups in total. The number of rotatable bonds is 9. The SMILES string of the molecule is CC1(C)C(NC(=O)c2ccc(N3CCC(CN4CCN(c5ccc6c(c5F)C(=O)N(N5CCC(=O)NC5=O)C6=O)CC4)CC3)nc2)C(C)(C)C1Oc1ccc(C#N)c(Cl)c1. The summed E-state index contributed by atoms with van der Waals surface area (Å²) in [7, 11) is 0. The number of benzene rings is 2. The van der Waals surface area contributed by atoms with E-state index in [1.54, 1.807) is 24.4 Å². The van der Waals surface area contributed by atoms with Crippen molar-refractivity contribution >= 4 is 52.8 Å². The second kappa shape index (κ2) is 15.7. The molecule has 6 amide bonds. The maximum atomic E-state index is 15.9. The molecule has 0 bridgehead atoms. The van der Waals surface area contributed by atoms with E-state index >= 15 is 4.39 Å². The van der Waals surface area contributed by atoms with E-state index in [-0.39, 0.29) is 58.7 Å². The zero-order valence-corrected chi connectivity index (χ0v) is 34.7.